The number of halogens is 2. The van der Waals surface area contributed by atoms with E-state index in [1.54, 1.807) is 0 Å². The number of hydrogen-bond donors (Lipinski definition) is 1. The van der Waals surface area contributed by atoms with Gasteiger partial charge in [0.05, 0.1) is 11.8 Å². The summed E-state index contributed by atoms with van der Waals surface area (Å²) in [5.41, 5.74) is 0. The van der Waals surface area contributed by atoms with Gasteiger partial charge in [-0.05, 0) is 0 Å². The van der Waals surface area contributed by atoms with Crippen LogP contribution < -0.4 is 5.32 Å². The number of nitrogens with zero attached hydrogens (tertiary/aromatic N) is 2. The zero-order valence-corrected chi connectivity index (χ0v) is 7.81. The Morgan fingerprint density at radius 2 is 2.08 bits per heavy atom. The second-order valence-electron chi connectivity index (χ2n) is 1.81. The fourth-order valence-corrected chi connectivity index (χ4v) is 0.760. The highest BCUT2D eigenvalue weighted by Gasteiger charge is 2.11. The molecule has 0 rings (SSSR count). The first-order valence-corrected chi connectivity index (χ1v) is 4.33. The highest BCUT2D eigenvalue weighted by Crippen LogP contribution is 1.91. The van der Waals surface area contributed by atoms with Crippen LogP contribution in [0.5, 0.6) is 0 Å². The van der Waals surface area contributed by atoms with Crippen molar-refractivity contribution in [3.05, 3.63) is 4.91 Å². The molecule has 0 atom stereocenters. The summed E-state index contributed by atoms with van der Waals surface area (Å²) in [5.74, 6) is 0.458. The van der Waals surface area contributed by atoms with Crippen LogP contribution in [0.4, 0.5) is 4.79 Å². The molecular weight excluding hydrogens is 208 g/mol. The van der Waals surface area contributed by atoms with E-state index in [4.69, 9.17) is 23.2 Å². The van der Waals surface area contributed by atoms with E-state index in [9.17, 15) is 9.70 Å². The lowest BCUT2D eigenvalue weighted by Gasteiger charge is -2.11. The molecule has 7 heteroatoms. The summed E-state index contributed by atoms with van der Waals surface area (Å²) in [4.78, 5) is 20.9. The lowest BCUT2D eigenvalue weighted by atomic mass is 10.8. The molecule has 1 N–H and O–H groups in total. The molecule has 0 unspecified atom stereocenters. The smallest absolute Gasteiger partial charge is 0.335 e. The Morgan fingerprint density at radius 1 is 1.42 bits per heavy atom. The minimum absolute atomic E-state index is 0.0964. The fourth-order valence-electron chi connectivity index (χ4n) is 0.505. The van der Waals surface area contributed by atoms with Crippen molar-refractivity contribution in [3.8, 4) is 0 Å². The first kappa shape index (κ1) is 11.4. The van der Waals surface area contributed by atoms with Crippen molar-refractivity contribution in [2.45, 2.75) is 0 Å². The molecular formula is C5H9Cl2N3O2. The lowest BCUT2D eigenvalue weighted by molar-refractivity contribution is 0.203. The van der Waals surface area contributed by atoms with Crippen LogP contribution in [0, 0.1) is 4.91 Å². The number of nitroso groups, excluding NO2 is 1. The summed E-state index contributed by atoms with van der Waals surface area (Å²) < 4.78 is 0. The van der Waals surface area contributed by atoms with E-state index < -0.39 is 6.03 Å². The maximum absolute atomic E-state index is 10.9. The van der Waals surface area contributed by atoms with Gasteiger partial charge in [0, 0.05) is 18.3 Å². The Morgan fingerprint density at radius 3 is 2.50 bits per heavy atom. The molecule has 70 valence electrons. The van der Waals surface area contributed by atoms with E-state index in [1.807, 2.05) is 0 Å². The van der Waals surface area contributed by atoms with E-state index in [0.29, 0.717) is 17.4 Å². The van der Waals surface area contributed by atoms with Crippen molar-refractivity contribution in [3.63, 3.8) is 0 Å². The summed E-state index contributed by atoms with van der Waals surface area (Å²) in [6, 6.07) is -0.578. The van der Waals surface area contributed by atoms with Crippen LogP contribution in [0.3, 0.4) is 0 Å². The van der Waals surface area contributed by atoms with E-state index in [0.717, 1.165) is 0 Å². The molecule has 0 spiro atoms. The normalized spacial score (nSPS) is 9.17. The van der Waals surface area contributed by atoms with Crippen LogP contribution in [0.15, 0.2) is 5.29 Å². The first-order chi connectivity index (χ1) is 5.76. The van der Waals surface area contributed by atoms with Crippen molar-refractivity contribution in [2.24, 2.45) is 5.29 Å². The van der Waals surface area contributed by atoms with E-state index in [1.165, 1.54) is 0 Å². The van der Waals surface area contributed by atoms with Crippen molar-refractivity contribution in [2.75, 3.05) is 24.8 Å². The summed E-state index contributed by atoms with van der Waals surface area (Å²) >= 11 is 10.6. The van der Waals surface area contributed by atoms with Gasteiger partial charge in [-0.3, -0.25) is 0 Å². The zero-order chi connectivity index (χ0) is 9.40. The van der Waals surface area contributed by atoms with Gasteiger partial charge in [-0.1, -0.05) is 0 Å². The third kappa shape index (κ3) is 4.35. The molecule has 0 radical (unpaired) electrons. The number of amides is 2. The average molecular weight is 217 g/mol. The number of carbonyl (C=O) groups is 1. The Bertz CT molecular complexity index is 156. The first-order valence-electron chi connectivity index (χ1n) is 3.26. The van der Waals surface area contributed by atoms with E-state index in [-0.39, 0.29) is 12.4 Å². The number of nitrogens with one attached hydrogen (secondary N) is 1. The molecule has 0 saturated heterocycles. The van der Waals surface area contributed by atoms with Crippen LogP contribution in [-0.4, -0.2) is 35.9 Å². The summed E-state index contributed by atoms with van der Waals surface area (Å²) in [6.07, 6.45) is 0. The highest BCUT2D eigenvalue weighted by atomic mass is 35.5. The molecule has 0 fully saturated rings. The Labute approximate surface area is 79.9 Å². The molecule has 0 aromatic rings. The van der Waals surface area contributed by atoms with Crippen LogP contribution >= 0.6 is 23.2 Å². The van der Waals surface area contributed by atoms with Crippen LogP contribution in [-0.2, 0) is 0 Å². The van der Waals surface area contributed by atoms with Gasteiger partial charge < -0.3 is 5.32 Å². The summed E-state index contributed by atoms with van der Waals surface area (Å²) in [5, 5.41) is 5.55. The van der Waals surface area contributed by atoms with Crippen LogP contribution in [0.25, 0.3) is 0 Å². The average Bonchev–Trinajstić information content (AvgIpc) is 2.10. The molecule has 0 aromatic carbocycles. The Balaban J connectivity index is 3.77. The maximum atomic E-state index is 10.9. The van der Waals surface area contributed by atoms with Gasteiger partial charge in [-0.2, -0.15) is 5.01 Å². The van der Waals surface area contributed by atoms with Crippen molar-refractivity contribution < 1.29 is 4.79 Å². The third-order valence-electron chi connectivity index (χ3n) is 1.00. The number of rotatable bonds is 5. The number of alkyl halides is 2. The Hall–Kier alpha value is -0.550. The standard InChI is InChI=1S/C5H9Cl2N3O2/c6-1-3-8-5(11)10(9-12)4-2-7/h1-4H2,(H,8,11)/i8+1,9+1,10+1. The quantitative estimate of drug-likeness (QED) is 0.325. The van der Waals surface area contributed by atoms with Crippen molar-refractivity contribution in [1.29, 1.82) is 0 Å². The second-order valence-corrected chi connectivity index (χ2v) is 2.57. The van der Waals surface area contributed by atoms with Gasteiger partial charge in [-0.15, -0.1) is 28.1 Å². The zero-order valence-electron chi connectivity index (χ0n) is 6.30. The van der Waals surface area contributed by atoms with Crippen LogP contribution in [0.1, 0.15) is 0 Å². The van der Waals surface area contributed by atoms with Gasteiger partial charge in [0.1, 0.15) is 0 Å². The molecule has 0 heterocycles. The molecule has 0 aromatic heterocycles. The number of urea groups is 1. The van der Waals surface area contributed by atoms with Crippen molar-refractivity contribution >= 4 is 29.2 Å². The minimum Gasteiger partial charge on any atom is -0.335 e. The predicted octanol–water partition coefficient (Wildman–Crippen LogP) is 1.16. The Kier molecular flexibility index (Phi) is 6.79. The maximum Gasteiger partial charge on any atom is 0.340 e. The molecule has 0 aliphatic rings. The third-order valence-corrected chi connectivity index (χ3v) is 1.36. The second kappa shape index (κ2) is 7.12. The largest absolute Gasteiger partial charge is 0.340 e. The van der Waals surface area contributed by atoms with Crippen LogP contribution in [0.2, 0.25) is 0 Å². The van der Waals surface area contributed by atoms with Gasteiger partial charge in [0.2, 0.25) is 0 Å². The molecule has 0 bridgehead atoms. The number of carbonyl (C=O) groups excluding carboxylic acids is 1. The minimum atomic E-state index is -0.578. The fraction of sp³-hybridized carbons (Fsp3) is 0.800. The molecule has 0 saturated carbocycles. The predicted molar refractivity (Wildman–Crippen MR) is 47.3 cm³/mol. The molecule has 5 nitrogen and oxygen atoms in total. The summed E-state index contributed by atoms with van der Waals surface area (Å²) in [6.45, 7) is 0.397. The van der Waals surface area contributed by atoms with Gasteiger partial charge in [0.25, 0.3) is 0 Å². The van der Waals surface area contributed by atoms with E-state index in [2.05, 4.69) is 10.6 Å². The van der Waals surface area contributed by atoms with Gasteiger partial charge in [0.15, 0.2) is 0 Å². The lowest BCUT2D eigenvalue weighted by Crippen LogP contribution is -2.38. The highest BCUT2D eigenvalue weighted by molar-refractivity contribution is 6.18. The van der Waals surface area contributed by atoms with Crippen molar-refractivity contribution in [1.82, 2.24) is 10.3 Å². The monoisotopic (exact) mass is 216 g/mol. The van der Waals surface area contributed by atoms with Gasteiger partial charge >= 0.3 is 6.03 Å². The molecule has 0 aliphatic carbocycles. The molecule has 0 aliphatic heterocycles. The topological polar surface area (TPSA) is 61.8 Å². The number of hydrogen-bond acceptors (Lipinski definition) is 3. The molecule has 12 heavy (non-hydrogen) atoms. The molecule has 2 amide bonds. The van der Waals surface area contributed by atoms with E-state index >= 15 is 0 Å². The van der Waals surface area contributed by atoms with Gasteiger partial charge in [-0.25, -0.2) is 4.79 Å². The summed E-state index contributed by atoms with van der Waals surface area (Å²) in [7, 11) is 0. The SMILES string of the molecule is O=[15N][15N](CCCl)C(=O)[15NH]CCCl.